The number of ether oxygens (including phenoxy) is 1. The number of aromatic nitrogens is 2. The van der Waals surface area contributed by atoms with Crippen LogP contribution in [-0.2, 0) is 11.2 Å². The third-order valence-electron chi connectivity index (χ3n) is 1.89. The van der Waals surface area contributed by atoms with Gasteiger partial charge in [-0.05, 0) is 24.9 Å². The van der Waals surface area contributed by atoms with Gasteiger partial charge in [0.2, 0.25) is 0 Å². The second-order valence-corrected chi connectivity index (χ2v) is 3.99. The Labute approximate surface area is 93.0 Å². The van der Waals surface area contributed by atoms with Crippen LogP contribution in [0, 0.1) is 0 Å². The fourth-order valence-electron chi connectivity index (χ4n) is 1.19. The van der Waals surface area contributed by atoms with Crippen LogP contribution in [0.15, 0.2) is 0 Å². The molecule has 0 saturated heterocycles. The molecule has 84 valence electrons. The van der Waals surface area contributed by atoms with Crippen molar-refractivity contribution in [3.8, 4) is 0 Å². The zero-order valence-electron chi connectivity index (χ0n) is 9.11. The largest absolute Gasteiger partial charge is 0.383 e. The maximum Gasteiger partial charge on any atom is 0.265 e. The molecule has 1 N–H and O–H groups in total. The lowest BCUT2D eigenvalue weighted by Crippen LogP contribution is -2.35. The number of hydrogen-bond acceptors (Lipinski definition) is 5. The average Bonchev–Trinajstić information content (AvgIpc) is 2.65. The van der Waals surface area contributed by atoms with E-state index in [4.69, 9.17) is 4.74 Å². The Morgan fingerprint density at radius 3 is 3.00 bits per heavy atom. The van der Waals surface area contributed by atoms with Crippen LogP contribution in [0.2, 0.25) is 0 Å². The normalized spacial score (nSPS) is 12.5. The van der Waals surface area contributed by atoms with Crippen LogP contribution in [0.3, 0.4) is 0 Å². The Balaban J connectivity index is 2.61. The molecule has 1 amide bonds. The highest BCUT2D eigenvalue weighted by Crippen LogP contribution is 2.10. The van der Waals surface area contributed by atoms with Gasteiger partial charge in [0.05, 0.1) is 12.3 Å². The molecule has 5 nitrogen and oxygen atoms in total. The predicted octanol–water partition coefficient (Wildman–Crippen LogP) is 0.865. The molecule has 0 radical (unpaired) electrons. The first-order valence-electron chi connectivity index (χ1n) is 4.80. The number of nitrogens with zero attached hydrogens (tertiary/aromatic N) is 2. The van der Waals surface area contributed by atoms with E-state index < -0.39 is 0 Å². The molecule has 0 bridgehead atoms. The van der Waals surface area contributed by atoms with Crippen molar-refractivity contribution in [2.75, 3.05) is 13.7 Å². The van der Waals surface area contributed by atoms with Crippen molar-refractivity contribution in [2.45, 2.75) is 26.3 Å². The van der Waals surface area contributed by atoms with Gasteiger partial charge in [-0.2, -0.15) is 0 Å². The third-order valence-corrected chi connectivity index (χ3v) is 2.66. The van der Waals surface area contributed by atoms with Crippen molar-refractivity contribution in [2.24, 2.45) is 0 Å². The van der Waals surface area contributed by atoms with E-state index in [1.165, 1.54) is 0 Å². The van der Waals surface area contributed by atoms with Crippen LogP contribution >= 0.6 is 11.5 Å². The van der Waals surface area contributed by atoms with Gasteiger partial charge in [-0.1, -0.05) is 11.4 Å². The summed E-state index contributed by atoms with van der Waals surface area (Å²) in [6.45, 7) is 4.34. The van der Waals surface area contributed by atoms with Gasteiger partial charge in [0.25, 0.3) is 5.91 Å². The minimum atomic E-state index is -0.119. The summed E-state index contributed by atoms with van der Waals surface area (Å²) in [5.74, 6) is -0.119. The molecule has 0 fully saturated rings. The molecule has 0 unspecified atom stereocenters. The van der Waals surface area contributed by atoms with E-state index in [-0.39, 0.29) is 11.9 Å². The lowest BCUT2D eigenvalue weighted by molar-refractivity contribution is 0.0908. The van der Waals surface area contributed by atoms with Crippen molar-refractivity contribution in [1.29, 1.82) is 0 Å². The number of hydrogen-bond donors (Lipinski definition) is 1. The molecule has 0 spiro atoms. The number of carbonyl (C=O) groups excluding carboxylic acids is 1. The van der Waals surface area contributed by atoms with E-state index in [0.717, 1.165) is 23.6 Å². The van der Waals surface area contributed by atoms with Crippen molar-refractivity contribution < 1.29 is 9.53 Å². The molecular weight excluding hydrogens is 214 g/mol. The van der Waals surface area contributed by atoms with Gasteiger partial charge in [-0.3, -0.25) is 4.79 Å². The SMILES string of the molecule is CCc1nnsc1C(=O)N[C@@H](C)COC. The summed E-state index contributed by atoms with van der Waals surface area (Å²) in [5.41, 5.74) is 0.752. The highest BCUT2D eigenvalue weighted by atomic mass is 32.1. The van der Waals surface area contributed by atoms with Gasteiger partial charge in [0.15, 0.2) is 0 Å². The molecular formula is C9H15N3O2S. The minimum absolute atomic E-state index is 0.00527. The molecule has 1 aromatic heterocycles. The number of rotatable bonds is 5. The number of aryl methyl sites for hydroxylation is 1. The van der Waals surface area contributed by atoms with Crippen LogP contribution in [0.4, 0.5) is 0 Å². The standard InChI is InChI=1S/C9H15N3O2S/c1-4-7-8(15-12-11-7)9(13)10-6(2)5-14-3/h6H,4-5H2,1-3H3,(H,10,13)/t6-/m0/s1. The second kappa shape index (κ2) is 5.77. The van der Waals surface area contributed by atoms with Crippen LogP contribution in [0.25, 0.3) is 0 Å². The molecule has 0 aliphatic carbocycles. The van der Waals surface area contributed by atoms with E-state index >= 15 is 0 Å². The highest BCUT2D eigenvalue weighted by Gasteiger charge is 2.16. The third kappa shape index (κ3) is 3.24. The topological polar surface area (TPSA) is 64.1 Å². The molecule has 0 aliphatic heterocycles. The molecule has 1 heterocycles. The van der Waals surface area contributed by atoms with Crippen molar-refractivity contribution in [1.82, 2.24) is 14.9 Å². The van der Waals surface area contributed by atoms with Crippen molar-refractivity contribution in [3.63, 3.8) is 0 Å². The van der Waals surface area contributed by atoms with Gasteiger partial charge in [0.1, 0.15) is 4.88 Å². The summed E-state index contributed by atoms with van der Waals surface area (Å²) in [7, 11) is 1.61. The molecule has 1 atom stereocenters. The number of nitrogens with one attached hydrogen (secondary N) is 1. The van der Waals surface area contributed by atoms with Gasteiger partial charge in [-0.25, -0.2) is 0 Å². The first kappa shape index (κ1) is 12.1. The highest BCUT2D eigenvalue weighted by molar-refractivity contribution is 7.08. The van der Waals surface area contributed by atoms with Gasteiger partial charge in [0, 0.05) is 13.2 Å². The molecule has 0 aromatic carbocycles. The predicted molar refractivity (Wildman–Crippen MR) is 58.1 cm³/mol. The first-order chi connectivity index (χ1) is 7.19. The quantitative estimate of drug-likeness (QED) is 0.813. The minimum Gasteiger partial charge on any atom is -0.383 e. The Morgan fingerprint density at radius 2 is 2.40 bits per heavy atom. The lowest BCUT2D eigenvalue weighted by Gasteiger charge is -2.11. The number of carbonyl (C=O) groups is 1. The fraction of sp³-hybridized carbons (Fsp3) is 0.667. The van der Waals surface area contributed by atoms with Crippen molar-refractivity contribution >= 4 is 17.4 Å². The van der Waals surface area contributed by atoms with E-state index in [1.807, 2.05) is 13.8 Å². The summed E-state index contributed by atoms with van der Waals surface area (Å²) in [5, 5.41) is 6.71. The monoisotopic (exact) mass is 229 g/mol. The van der Waals surface area contributed by atoms with Crippen LogP contribution < -0.4 is 5.32 Å². The Hall–Kier alpha value is -1.01. The molecule has 1 aromatic rings. The maximum absolute atomic E-state index is 11.7. The van der Waals surface area contributed by atoms with E-state index in [1.54, 1.807) is 7.11 Å². The summed E-state index contributed by atoms with van der Waals surface area (Å²) >= 11 is 1.13. The Kier molecular flexibility index (Phi) is 4.64. The van der Waals surface area contributed by atoms with Crippen LogP contribution in [0.1, 0.15) is 29.2 Å². The van der Waals surface area contributed by atoms with E-state index in [2.05, 4.69) is 14.9 Å². The van der Waals surface area contributed by atoms with Crippen LogP contribution in [-0.4, -0.2) is 35.3 Å². The number of methoxy groups -OCH3 is 1. The van der Waals surface area contributed by atoms with Gasteiger partial charge < -0.3 is 10.1 Å². The van der Waals surface area contributed by atoms with Crippen molar-refractivity contribution in [3.05, 3.63) is 10.6 Å². The molecule has 15 heavy (non-hydrogen) atoms. The maximum atomic E-state index is 11.7. The zero-order valence-corrected chi connectivity index (χ0v) is 9.93. The lowest BCUT2D eigenvalue weighted by atomic mass is 10.2. The molecule has 0 aliphatic rings. The average molecular weight is 229 g/mol. The summed E-state index contributed by atoms with van der Waals surface area (Å²) in [6.07, 6.45) is 0.720. The summed E-state index contributed by atoms with van der Waals surface area (Å²) in [6, 6.07) is -0.00527. The van der Waals surface area contributed by atoms with E-state index in [0.29, 0.717) is 11.5 Å². The second-order valence-electron chi connectivity index (χ2n) is 3.23. The van der Waals surface area contributed by atoms with Gasteiger partial charge >= 0.3 is 0 Å². The Morgan fingerprint density at radius 1 is 1.67 bits per heavy atom. The Bertz CT molecular complexity index is 327. The molecule has 1 rings (SSSR count). The zero-order chi connectivity index (χ0) is 11.3. The number of amides is 1. The van der Waals surface area contributed by atoms with Gasteiger partial charge in [-0.15, -0.1) is 5.10 Å². The summed E-state index contributed by atoms with van der Waals surface area (Å²) in [4.78, 5) is 12.3. The first-order valence-corrected chi connectivity index (χ1v) is 5.57. The van der Waals surface area contributed by atoms with Crippen LogP contribution in [0.5, 0.6) is 0 Å². The fourth-order valence-corrected chi connectivity index (χ4v) is 1.85. The van der Waals surface area contributed by atoms with E-state index in [9.17, 15) is 4.79 Å². The molecule has 0 saturated carbocycles. The molecule has 6 heteroatoms. The smallest absolute Gasteiger partial charge is 0.265 e. The summed E-state index contributed by atoms with van der Waals surface area (Å²) < 4.78 is 8.70.